The van der Waals surface area contributed by atoms with E-state index in [1.807, 2.05) is 17.9 Å². The maximum Gasteiger partial charge on any atom is 0.318 e. The zero-order chi connectivity index (χ0) is 14.8. The first-order chi connectivity index (χ1) is 10.2. The SMILES string of the molecule is CC[C@H]1c2ccsc2CCN1C(=O)NCc1cc(C)on1. The third kappa shape index (κ3) is 2.81. The lowest BCUT2D eigenvalue weighted by molar-refractivity contribution is 0.167. The van der Waals surface area contributed by atoms with Crippen LogP contribution in [-0.2, 0) is 13.0 Å². The van der Waals surface area contributed by atoms with Crippen molar-refractivity contribution < 1.29 is 9.32 Å². The molecule has 0 saturated heterocycles. The summed E-state index contributed by atoms with van der Waals surface area (Å²) in [6, 6.07) is 4.14. The van der Waals surface area contributed by atoms with Crippen molar-refractivity contribution in [1.29, 1.82) is 0 Å². The summed E-state index contributed by atoms with van der Waals surface area (Å²) in [5, 5.41) is 8.95. The predicted octanol–water partition coefficient (Wildman–Crippen LogP) is 3.26. The maximum absolute atomic E-state index is 12.4. The lowest BCUT2D eigenvalue weighted by Crippen LogP contribution is -2.44. The van der Waals surface area contributed by atoms with Crippen molar-refractivity contribution in [3.63, 3.8) is 0 Å². The van der Waals surface area contributed by atoms with Crippen molar-refractivity contribution in [1.82, 2.24) is 15.4 Å². The first-order valence-electron chi connectivity index (χ1n) is 7.22. The van der Waals surface area contributed by atoms with Crippen LogP contribution >= 0.6 is 11.3 Å². The molecule has 0 bridgehead atoms. The number of nitrogens with zero attached hydrogens (tertiary/aromatic N) is 2. The molecule has 5 nitrogen and oxygen atoms in total. The van der Waals surface area contributed by atoms with Crippen LogP contribution in [0.5, 0.6) is 0 Å². The Kier molecular flexibility index (Phi) is 3.96. The van der Waals surface area contributed by atoms with Crippen molar-refractivity contribution >= 4 is 17.4 Å². The molecule has 2 aromatic rings. The molecule has 0 unspecified atom stereocenters. The van der Waals surface area contributed by atoms with Crippen LogP contribution < -0.4 is 5.32 Å². The van der Waals surface area contributed by atoms with Gasteiger partial charge in [-0.2, -0.15) is 0 Å². The minimum Gasteiger partial charge on any atom is -0.361 e. The Hall–Kier alpha value is -1.82. The minimum atomic E-state index is -0.0284. The second kappa shape index (κ2) is 5.89. The molecule has 1 atom stereocenters. The quantitative estimate of drug-likeness (QED) is 0.947. The predicted molar refractivity (Wildman–Crippen MR) is 81.2 cm³/mol. The summed E-state index contributed by atoms with van der Waals surface area (Å²) in [7, 11) is 0. The molecule has 0 saturated carbocycles. The average Bonchev–Trinajstić information content (AvgIpc) is 3.12. The van der Waals surface area contributed by atoms with Gasteiger partial charge in [-0.25, -0.2) is 4.79 Å². The number of aromatic nitrogens is 1. The van der Waals surface area contributed by atoms with Gasteiger partial charge in [-0.3, -0.25) is 0 Å². The van der Waals surface area contributed by atoms with E-state index in [1.165, 1.54) is 10.4 Å². The highest BCUT2D eigenvalue weighted by atomic mass is 32.1. The van der Waals surface area contributed by atoms with E-state index < -0.39 is 0 Å². The normalized spacial score (nSPS) is 17.6. The van der Waals surface area contributed by atoms with Gasteiger partial charge in [-0.05, 0) is 36.8 Å². The first kappa shape index (κ1) is 14.1. The first-order valence-corrected chi connectivity index (χ1v) is 8.10. The van der Waals surface area contributed by atoms with Gasteiger partial charge in [0.05, 0.1) is 12.6 Å². The van der Waals surface area contributed by atoms with Gasteiger partial charge in [0.25, 0.3) is 0 Å². The molecule has 2 aromatic heterocycles. The van der Waals surface area contributed by atoms with Crippen LogP contribution in [0.3, 0.4) is 0 Å². The van der Waals surface area contributed by atoms with Crippen LogP contribution in [0.4, 0.5) is 4.79 Å². The second-order valence-electron chi connectivity index (χ2n) is 5.25. The number of rotatable bonds is 3. The molecule has 0 fully saturated rings. The van der Waals surface area contributed by atoms with Crippen LogP contribution in [0.1, 0.15) is 41.3 Å². The summed E-state index contributed by atoms with van der Waals surface area (Å²) in [6.45, 7) is 5.14. The molecule has 3 heterocycles. The zero-order valence-corrected chi connectivity index (χ0v) is 13.1. The van der Waals surface area contributed by atoms with Crippen molar-refractivity contribution in [2.45, 2.75) is 39.3 Å². The Labute approximate surface area is 127 Å². The van der Waals surface area contributed by atoms with Crippen molar-refractivity contribution in [2.75, 3.05) is 6.54 Å². The topological polar surface area (TPSA) is 58.4 Å². The van der Waals surface area contributed by atoms with Crippen LogP contribution in [0.25, 0.3) is 0 Å². The minimum absolute atomic E-state index is 0.0284. The number of urea groups is 1. The monoisotopic (exact) mass is 305 g/mol. The largest absolute Gasteiger partial charge is 0.361 e. The standard InChI is InChI=1S/C15H19N3O2S/c1-3-13-12-5-7-21-14(12)4-6-18(13)15(19)16-9-11-8-10(2)20-17-11/h5,7-8,13H,3-4,6,9H2,1-2H3,(H,16,19)/t13-/m0/s1. The fourth-order valence-electron chi connectivity index (χ4n) is 2.85. The Bertz CT molecular complexity index is 634. The maximum atomic E-state index is 12.4. The molecular formula is C15H19N3O2S. The van der Waals surface area contributed by atoms with E-state index >= 15 is 0 Å². The molecule has 6 heteroatoms. The molecule has 1 aliphatic rings. The zero-order valence-electron chi connectivity index (χ0n) is 12.3. The number of carbonyl (C=O) groups is 1. The highest BCUT2D eigenvalue weighted by Crippen LogP contribution is 2.35. The second-order valence-corrected chi connectivity index (χ2v) is 6.25. The summed E-state index contributed by atoms with van der Waals surface area (Å²) < 4.78 is 5.01. The van der Waals surface area contributed by atoms with E-state index in [1.54, 1.807) is 11.3 Å². The molecule has 1 N–H and O–H groups in total. The van der Waals surface area contributed by atoms with Gasteiger partial charge >= 0.3 is 6.03 Å². The molecule has 3 rings (SSSR count). The van der Waals surface area contributed by atoms with E-state index in [2.05, 4.69) is 28.8 Å². The number of aryl methyl sites for hydroxylation is 1. The van der Waals surface area contributed by atoms with Crippen LogP contribution in [0, 0.1) is 6.92 Å². The smallest absolute Gasteiger partial charge is 0.318 e. The van der Waals surface area contributed by atoms with E-state index in [-0.39, 0.29) is 12.1 Å². The number of hydrogen-bond acceptors (Lipinski definition) is 4. The number of carbonyl (C=O) groups excluding carboxylic acids is 1. The summed E-state index contributed by atoms with van der Waals surface area (Å²) in [5.74, 6) is 0.756. The Morgan fingerprint density at radius 3 is 3.19 bits per heavy atom. The molecule has 112 valence electrons. The fourth-order valence-corrected chi connectivity index (χ4v) is 3.78. The molecule has 2 amide bonds. The Morgan fingerprint density at radius 1 is 1.62 bits per heavy atom. The van der Waals surface area contributed by atoms with E-state index in [4.69, 9.17) is 4.52 Å². The van der Waals surface area contributed by atoms with Crippen LogP contribution in [0.2, 0.25) is 0 Å². The third-order valence-corrected chi connectivity index (χ3v) is 4.84. The van der Waals surface area contributed by atoms with Gasteiger partial charge in [-0.15, -0.1) is 11.3 Å². The summed E-state index contributed by atoms with van der Waals surface area (Å²) in [6.07, 6.45) is 1.88. The number of amides is 2. The summed E-state index contributed by atoms with van der Waals surface area (Å²) >= 11 is 1.79. The summed E-state index contributed by atoms with van der Waals surface area (Å²) in [4.78, 5) is 15.8. The third-order valence-electron chi connectivity index (χ3n) is 3.84. The van der Waals surface area contributed by atoms with Crippen molar-refractivity contribution in [3.8, 4) is 0 Å². The van der Waals surface area contributed by atoms with E-state index in [9.17, 15) is 4.79 Å². The molecule has 21 heavy (non-hydrogen) atoms. The van der Waals surface area contributed by atoms with E-state index in [0.717, 1.165) is 30.8 Å². The lowest BCUT2D eigenvalue weighted by Gasteiger charge is -2.35. The van der Waals surface area contributed by atoms with Crippen molar-refractivity contribution in [2.24, 2.45) is 0 Å². The van der Waals surface area contributed by atoms with Gasteiger partial charge < -0.3 is 14.7 Å². The molecule has 0 aromatic carbocycles. The Balaban J connectivity index is 1.67. The van der Waals surface area contributed by atoms with Gasteiger partial charge in [0, 0.05) is 17.5 Å². The van der Waals surface area contributed by atoms with Gasteiger partial charge in [0.1, 0.15) is 11.5 Å². The van der Waals surface area contributed by atoms with Gasteiger partial charge in [0.2, 0.25) is 0 Å². The summed E-state index contributed by atoms with van der Waals surface area (Å²) in [5.41, 5.74) is 2.06. The highest BCUT2D eigenvalue weighted by Gasteiger charge is 2.30. The number of nitrogens with one attached hydrogen (secondary N) is 1. The lowest BCUT2D eigenvalue weighted by atomic mass is 9.98. The van der Waals surface area contributed by atoms with Crippen LogP contribution in [0.15, 0.2) is 22.0 Å². The van der Waals surface area contributed by atoms with Gasteiger partial charge in [-0.1, -0.05) is 12.1 Å². The molecular weight excluding hydrogens is 286 g/mol. The molecule has 0 radical (unpaired) electrons. The highest BCUT2D eigenvalue weighted by molar-refractivity contribution is 7.10. The van der Waals surface area contributed by atoms with Crippen molar-refractivity contribution in [3.05, 3.63) is 39.4 Å². The molecule has 1 aliphatic heterocycles. The Morgan fingerprint density at radius 2 is 2.48 bits per heavy atom. The number of hydrogen-bond donors (Lipinski definition) is 1. The number of fused-ring (bicyclic) bond motifs is 1. The van der Waals surface area contributed by atoms with E-state index in [0.29, 0.717) is 6.54 Å². The molecule has 0 spiro atoms. The van der Waals surface area contributed by atoms with Gasteiger partial charge in [0.15, 0.2) is 0 Å². The van der Waals surface area contributed by atoms with Crippen LogP contribution in [-0.4, -0.2) is 22.6 Å². The fraction of sp³-hybridized carbons (Fsp3) is 0.467. The average molecular weight is 305 g/mol. The number of thiophene rings is 1. The molecule has 0 aliphatic carbocycles.